The molecule has 0 spiro atoms. The third kappa shape index (κ3) is 3.79. The lowest BCUT2D eigenvalue weighted by molar-refractivity contribution is 0.0696. The Hall–Kier alpha value is -1.88. The zero-order valence-electron chi connectivity index (χ0n) is 12.1. The van der Waals surface area contributed by atoms with Crippen LogP contribution in [0.3, 0.4) is 0 Å². The summed E-state index contributed by atoms with van der Waals surface area (Å²) in [6, 6.07) is 1.52. The maximum absolute atomic E-state index is 10.7. The number of fused-ring (bicyclic) bond motifs is 1. The van der Waals surface area contributed by atoms with Crippen LogP contribution in [0.1, 0.15) is 43.6 Å². The van der Waals surface area contributed by atoms with Crippen LogP contribution in [0.15, 0.2) is 18.5 Å². The summed E-state index contributed by atoms with van der Waals surface area (Å²) in [5.74, 6) is -1.02. The second-order valence-corrected chi connectivity index (χ2v) is 3.32. The summed E-state index contributed by atoms with van der Waals surface area (Å²) < 4.78 is 1.76. The van der Waals surface area contributed by atoms with E-state index in [2.05, 4.69) is 4.98 Å². The van der Waals surface area contributed by atoms with Crippen molar-refractivity contribution in [2.24, 2.45) is 7.05 Å². The monoisotopic (exact) mass is 266 g/mol. The van der Waals surface area contributed by atoms with Crippen molar-refractivity contribution in [2.75, 3.05) is 0 Å². The lowest BCUT2D eigenvalue weighted by atomic mass is 10.2. The van der Waals surface area contributed by atoms with E-state index in [0.29, 0.717) is 16.6 Å². The highest BCUT2D eigenvalue weighted by Crippen LogP contribution is 2.19. The zero-order chi connectivity index (χ0) is 15.0. The van der Waals surface area contributed by atoms with Crippen molar-refractivity contribution >= 4 is 17.0 Å². The standard InChI is InChI=1S/C10H10N2O3.2C2H6/c1-12-4-7(5-13)8-2-6(10(14)15)3-11-9(8)12;2*1-2/h2-4,13H,5H2,1H3,(H,14,15);2*1-2H3. The fourth-order valence-electron chi connectivity index (χ4n) is 1.58. The van der Waals surface area contributed by atoms with Gasteiger partial charge in [0.2, 0.25) is 0 Å². The molecule has 2 heterocycles. The quantitative estimate of drug-likeness (QED) is 0.876. The van der Waals surface area contributed by atoms with Gasteiger partial charge in [0.25, 0.3) is 0 Å². The maximum Gasteiger partial charge on any atom is 0.337 e. The van der Waals surface area contributed by atoms with E-state index in [0.717, 1.165) is 0 Å². The van der Waals surface area contributed by atoms with E-state index in [-0.39, 0.29) is 12.2 Å². The molecule has 0 unspecified atom stereocenters. The molecule has 2 rings (SSSR count). The molecule has 19 heavy (non-hydrogen) atoms. The summed E-state index contributed by atoms with van der Waals surface area (Å²) in [5.41, 5.74) is 1.48. The summed E-state index contributed by atoms with van der Waals surface area (Å²) in [6.07, 6.45) is 3.05. The number of aromatic carboxylic acids is 1. The molecule has 0 aliphatic carbocycles. The van der Waals surface area contributed by atoms with Gasteiger partial charge in [-0.05, 0) is 6.07 Å². The molecule has 5 heteroatoms. The van der Waals surface area contributed by atoms with Crippen LogP contribution in [-0.2, 0) is 13.7 Å². The first kappa shape index (κ1) is 17.1. The Balaban J connectivity index is 0.000000741. The number of aliphatic hydroxyl groups is 1. The first-order valence-electron chi connectivity index (χ1n) is 6.41. The van der Waals surface area contributed by atoms with Crippen LogP contribution in [0, 0.1) is 0 Å². The van der Waals surface area contributed by atoms with Gasteiger partial charge >= 0.3 is 5.97 Å². The largest absolute Gasteiger partial charge is 0.478 e. The third-order valence-electron chi connectivity index (χ3n) is 2.31. The molecular formula is C14H22N2O3. The molecule has 0 amide bonds. The van der Waals surface area contributed by atoms with Crippen molar-refractivity contribution in [3.8, 4) is 0 Å². The topological polar surface area (TPSA) is 75.4 Å². The van der Waals surface area contributed by atoms with Crippen LogP contribution < -0.4 is 0 Å². The van der Waals surface area contributed by atoms with Gasteiger partial charge in [0.15, 0.2) is 0 Å². The Morgan fingerprint density at radius 2 is 1.89 bits per heavy atom. The molecule has 0 atom stereocenters. The number of aromatic nitrogens is 2. The van der Waals surface area contributed by atoms with Crippen molar-refractivity contribution in [3.63, 3.8) is 0 Å². The number of pyridine rings is 1. The molecular weight excluding hydrogens is 244 g/mol. The molecule has 2 N–H and O–H groups in total. The average molecular weight is 266 g/mol. The number of aliphatic hydroxyl groups excluding tert-OH is 1. The first-order valence-corrected chi connectivity index (χ1v) is 6.41. The molecule has 106 valence electrons. The van der Waals surface area contributed by atoms with Gasteiger partial charge in [-0.2, -0.15) is 0 Å². The van der Waals surface area contributed by atoms with Crippen LogP contribution in [0.4, 0.5) is 0 Å². The van der Waals surface area contributed by atoms with E-state index in [9.17, 15) is 4.79 Å². The van der Waals surface area contributed by atoms with E-state index >= 15 is 0 Å². The minimum atomic E-state index is -1.02. The molecule has 0 aliphatic rings. The molecule has 0 aromatic carbocycles. The van der Waals surface area contributed by atoms with Crippen molar-refractivity contribution in [1.82, 2.24) is 9.55 Å². The summed E-state index contributed by atoms with van der Waals surface area (Å²) in [5, 5.41) is 18.6. The Kier molecular flexibility index (Phi) is 7.44. The van der Waals surface area contributed by atoms with Crippen molar-refractivity contribution in [3.05, 3.63) is 29.6 Å². The SMILES string of the molecule is CC.CC.Cn1cc(CO)c2cc(C(=O)O)cnc21. The van der Waals surface area contributed by atoms with E-state index < -0.39 is 5.97 Å². The highest BCUT2D eigenvalue weighted by molar-refractivity contribution is 5.92. The van der Waals surface area contributed by atoms with E-state index in [1.807, 2.05) is 27.7 Å². The van der Waals surface area contributed by atoms with Crippen LogP contribution in [-0.4, -0.2) is 25.7 Å². The molecule has 0 fully saturated rings. The van der Waals surface area contributed by atoms with Crippen molar-refractivity contribution in [1.29, 1.82) is 0 Å². The number of carbonyl (C=O) groups is 1. The van der Waals surface area contributed by atoms with Crippen molar-refractivity contribution in [2.45, 2.75) is 34.3 Å². The van der Waals surface area contributed by atoms with Crippen molar-refractivity contribution < 1.29 is 15.0 Å². The van der Waals surface area contributed by atoms with Gasteiger partial charge in [-0.25, -0.2) is 9.78 Å². The van der Waals surface area contributed by atoms with Gasteiger partial charge in [0, 0.05) is 30.4 Å². The lowest BCUT2D eigenvalue weighted by Crippen LogP contribution is -1.97. The number of nitrogens with zero attached hydrogens (tertiary/aromatic N) is 2. The van der Waals surface area contributed by atoms with Crippen LogP contribution in [0.25, 0.3) is 11.0 Å². The Labute approximate surface area is 113 Å². The lowest BCUT2D eigenvalue weighted by Gasteiger charge is -1.97. The smallest absolute Gasteiger partial charge is 0.337 e. The summed E-state index contributed by atoms with van der Waals surface area (Å²) in [4.78, 5) is 14.8. The molecule has 2 aromatic heterocycles. The highest BCUT2D eigenvalue weighted by atomic mass is 16.4. The fourth-order valence-corrected chi connectivity index (χ4v) is 1.58. The van der Waals surface area contributed by atoms with Gasteiger partial charge in [-0.15, -0.1) is 0 Å². The van der Waals surface area contributed by atoms with Gasteiger partial charge in [-0.1, -0.05) is 27.7 Å². The van der Waals surface area contributed by atoms with E-state index in [4.69, 9.17) is 10.2 Å². The molecule has 0 radical (unpaired) electrons. The third-order valence-corrected chi connectivity index (χ3v) is 2.31. The molecule has 0 aliphatic heterocycles. The van der Waals surface area contributed by atoms with Crippen LogP contribution >= 0.6 is 0 Å². The zero-order valence-corrected chi connectivity index (χ0v) is 12.1. The van der Waals surface area contributed by atoms with Gasteiger partial charge in [0.1, 0.15) is 5.65 Å². The number of carboxylic acids is 1. The number of aryl methyl sites for hydroxylation is 1. The summed E-state index contributed by atoms with van der Waals surface area (Å²) in [6.45, 7) is 7.88. The van der Waals surface area contributed by atoms with Crippen LogP contribution in [0.5, 0.6) is 0 Å². The normalized spacial score (nSPS) is 9.16. The minimum absolute atomic E-state index is 0.123. The van der Waals surface area contributed by atoms with E-state index in [1.165, 1.54) is 12.3 Å². The number of hydrogen-bond acceptors (Lipinski definition) is 3. The Morgan fingerprint density at radius 3 is 2.37 bits per heavy atom. The second-order valence-electron chi connectivity index (χ2n) is 3.32. The Morgan fingerprint density at radius 1 is 1.32 bits per heavy atom. The van der Waals surface area contributed by atoms with Gasteiger partial charge < -0.3 is 14.8 Å². The number of rotatable bonds is 2. The molecule has 0 saturated heterocycles. The predicted molar refractivity (Wildman–Crippen MR) is 76.3 cm³/mol. The molecule has 0 saturated carbocycles. The van der Waals surface area contributed by atoms with E-state index in [1.54, 1.807) is 17.8 Å². The summed E-state index contributed by atoms with van der Waals surface area (Å²) in [7, 11) is 1.80. The molecule has 5 nitrogen and oxygen atoms in total. The minimum Gasteiger partial charge on any atom is -0.478 e. The molecule has 2 aromatic rings. The van der Waals surface area contributed by atoms with Crippen LogP contribution in [0.2, 0.25) is 0 Å². The first-order chi connectivity index (χ1) is 9.13. The fraction of sp³-hybridized carbons (Fsp3) is 0.429. The summed E-state index contributed by atoms with van der Waals surface area (Å²) >= 11 is 0. The van der Waals surface area contributed by atoms with Gasteiger partial charge in [-0.3, -0.25) is 0 Å². The Bertz CT molecular complexity index is 533. The maximum atomic E-state index is 10.7. The molecule has 0 bridgehead atoms. The number of carboxylic acid groups (broad SMARTS) is 1. The average Bonchev–Trinajstić information content (AvgIpc) is 2.79. The second kappa shape index (κ2) is 8.26. The predicted octanol–water partition coefficient (Wildman–Crippen LogP) is 2.82. The highest BCUT2D eigenvalue weighted by Gasteiger charge is 2.10. The number of hydrogen-bond donors (Lipinski definition) is 2. The van der Waals surface area contributed by atoms with Gasteiger partial charge in [0.05, 0.1) is 12.2 Å².